The molecule has 4 nitrogen and oxygen atoms in total. The Balaban J connectivity index is 2.07. The van der Waals surface area contributed by atoms with Crippen LogP contribution in [0.5, 0.6) is 0 Å². The summed E-state index contributed by atoms with van der Waals surface area (Å²) in [5.74, 6) is -0.770. The summed E-state index contributed by atoms with van der Waals surface area (Å²) in [5.41, 5.74) is 2.59. The molecule has 0 unspecified atom stereocenters. The summed E-state index contributed by atoms with van der Waals surface area (Å²) >= 11 is 0. The minimum absolute atomic E-state index is 0.122. The lowest BCUT2D eigenvalue weighted by Gasteiger charge is -2.27. The number of nitrogens with zero attached hydrogens (tertiary/aromatic N) is 1. The second-order valence-corrected chi connectivity index (χ2v) is 9.01. The zero-order valence-corrected chi connectivity index (χ0v) is 19.1. The lowest BCUT2D eigenvalue weighted by Crippen LogP contribution is -2.46. The molecule has 0 amide bonds. The highest BCUT2D eigenvalue weighted by atomic mass is 16.5. The standard InChI is InChI=1S/C25H43NO3/c1-4-5-6-7-8-9-10-11-12-13-14-23-15-17-24(18-16-23)22-29-20-19-26(2,3)21-25(27)28/h15-18H,4-14,19-22H2,1-3H3/p+1. The summed E-state index contributed by atoms with van der Waals surface area (Å²) in [7, 11) is 3.83. The molecule has 1 aromatic rings. The molecule has 0 atom stereocenters. The molecule has 0 spiro atoms. The van der Waals surface area contributed by atoms with Crippen molar-refractivity contribution >= 4 is 5.97 Å². The van der Waals surface area contributed by atoms with E-state index in [4.69, 9.17) is 9.84 Å². The molecule has 0 saturated heterocycles. The van der Waals surface area contributed by atoms with E-state index in [9.17, 15) is 4.79 Å². The largest absolute Gasteiger partial charge is 0.477 e. The van der Waals surface area contributed by atoms with Crippen LogP contribution in [0.4, 0.5) is 0 Å². The number of benzene rings is 1. The maximum atomic E-state index is 10.8. The van der Waals surface area contributed by atoms with Gasteiger partial charge in [0.2, 0.25) is 0 Å². The van der Waals surface area contributed by atoms with E-state index in [1.54, 1.807) is 0 Å². The Morgan fingerprint density at radius 2 is 1.38 bits per heavy atom. The molecule has 1 N–H and O–H groups in total. The molecule has 0 aliphatic rings. The van der Waals surface area contributed by atoms with Crippen molar-refractivity contribution in [3.8, 4) is 0 Å². The Morgan fingerprint density at radius 1 is 0.862 bits per heavy atom. The molecule has 0 radical (unpaired) electrons. The Kier molecular flexibility index (Phi) is 13.7. The van der Waals surface area contributed by atoms with Crippen molar-refractivity contribution in [3.63, 3.8) is 0 Å². The van der Waals surface area contributed by atoms with Gasteiger partial charge in [-0.2, -0.15) is 0 Å². The molecule has 0 fully saturated rings. The minimum Gasteiger partial charge on any atom is -0.477 e. The van der Waals surface area contributed by atoms with Crippen LogP contribution in [0.3, 0.4) is 0 Å². The van der Waals surface area contributed by atoms with E-state index < -0.39 is 5.97 Å². The van der Waals surface area contributed by atoms with Crippen LogP contribution >= 0.6 is 0 Å². The summed E-state index contributed by atoms with van der Waals surface area (Å²) in [5, 5.41) is 8.90. The van der Waals surface area contributed by atoms with Gasteiger partial charge in [0, 0.05) is 0 Å². The van der Waals surface area contributed by atoms with Crippen LogP contribution in [0.25, 0.3) is 0 Å². The number of rotatable bonds is 18. The van der Waals surface area contributed by atoms with Gasteiger partial charge < -0.3 is 14.3 Å². The van der Waals surface area contributed by atoms with E-state index in [1.807, 2.05) is 14.1 Å². The third-order valence-corrected chi connectivity index (χ3v) is 5.51. The molecule has 0 aliphatic heterocycles. The number of aliphatic carboxylic acids is 1. The van der Waals surface area contributed by atoms with E-state index >= 15 is 0 Å². The van der Waals surface area contributed by atoms with Crippen LogP contribution < -0.4 is 0 Å². The second-order valence-electron chi connectivity index (χ2n) is 9.01. The maximum Gasteiger partial charge on any atom is 0.359 e. The van der Waals surface area contributed by atoms with Crippen LogP contribution in [0, 0.1) is 0 Å². The molecule has 166 valence electrons. The van der Waals surface area contributed by atoms with Gasteiger partial charge >= 0.3 is 5.97 Å². The number of likely N-dealkylation sites (N-methyl/N-ethyl adjacent to an activating group) is 1. The van der Waals surface area contributed by atoms with Crippen LogP contribution in [0.2, 0.25) is 0 Å². The molecule has 1 rings (SSSR count). The first kappa shape index (κ1) is 25.6. The number of unbranched alkanes of at least 4 members (excludes halogenated alkanes) is 9. The van der Waals surface area contributed by atoms with E-state index in [-0.39, 0.29) is 6.54 Å². The fourth-order valence-corrected chi connectivity index (χ4v) is 3.57. The van der Waals surface area contributed by atoms with Crippen LogP contribution in [0.1, 0.15) is 82.3 Å². The number of hydrogen-bond donors (Lipinski definition) is 1. The Morgan fingerprint density at radius 3 is 1.93 bits per heavy atom. The average molecular weight is 407 g/mol. The first-order chi connectivity index (χ1) is 13.9. The second kappa shape index (κ2) is 15.4. The normalized spacial score (nSPS) is 11.7. The van der Waals surface area contributed by atoms with Gasteiger partial charge in [0.1, 0.15) is 6.54 Å². The van der Waals surface area contributed by atoms with Gasteiger partial charge in [-0.1, -0.05) is 89.0 Å². The maximum absolute atomic E-state index is 10.8. The van der Waals surface area contributed by atoms with Gasteiger partial charge in [0.15, 0.2) is 6.54 Å². The zero-order valence-electron chi connectivity index (χ0n) is 19.1. The molecule has 29 heavy (non-hydrogen) atoms. The first-order valence-electron chi connectivity index (χ1n) is 11.6. The molecule has 4 heteroatoms. The van der Waals surface area contributed by atoms with Crippen molar-refractivity contribution in [1.29, 1.82) is 0 Å². The summed E-state index contributed by atoms with van der Waals surface area (Å²) < 4.78 is 6.17. The molecular formula is C25H44NO3+. The molecular weight excluding hydrogens is 362 g/mol. The van der Waals surface area contributed by atoms with Crippen LogP contribution in [-0.4, -0.2) is 49.4 Å². The lowest BCUT2D eigenvalue weighted by molar-refractivity contribution is -0.883. The first-order valence-corrected chi connectivity index (χ1v) is 11.6. The average Bonchev–Trinajstić information content (AvgIpc) is 2.67. The van der Waals surface area contributed by atoms with Crippen molar-refractivity contribution in [1.82, 2.24) is 0 Å². The topological polar surface area (TPSA) is 46.5 Å². The third-order valence-electron chi connectivity index (χ3n) is 5.51. The predicted octanol–water partition coefficient (Wildman–Crippen LogP) is 5.83. The van der Waals surface area contributed by atoms with Crippen LogP contribution in [-0.2, 0) is 22.6 Å². The quantitative estimate of drug-likeness (QED) is 0.246. The Hall–Kier alpha value is -1.39. The number of hydrogen-bond acceptors (Lipinski definition) is 2. The van der Waals surface area contributed by atoms with E-state index in [2.05, 4.69) is 31.2 Å². The monoisotopic (exact) mass is 406 g/mol. The Labute approximate surface area is 178 Å². The highest BCUT2D eigenvalue weighted by molar-refractivity contribution is 5.67. The summed E-state index contributed by atoms with van der Waals surface area (Å²) in [6.07, 6.45) is 14.9. The SMILES string of the molecule is CCCCCCCCCCCCc1ccc(COCC[N+](C)(C)CC(=O)O)cc1. The summed E-state index contributed by atoms with van der Waals surface area (Å²) in [6, 6.07) is 8.75. The predicted molar refractivity (Wildman–Crippen MR) is 121 cm³/mol. The number of carboxylic acid groups (broad SMARTS) is 1. The van der Waals surface area contributed by atoms with E-state index in [1.165, 1.54) is 81.8 Å². The molecule has 1 aromatic carbocycles. The van der Waals surface area contributed by atoms with Gasteiger partial charge in [0.25, 0.3) is 0 Å². The molecule has 0 heterocycles. The van der Waals surface area contributed by atoms with Gasteiger partial charge in [-0.15, -0.1) is 0 Å². The Bertz CT molecular complexity index is 540. The molecule has 0 saturated carbocycles. The number of aryl methyl sites for hydroxylation is 1. The van der Waals surface area contributed by atoms with Crippen molar-refractivity contribution < 1.29 is 19.1 Å². The smallest absolute Gasteiger partial charge is 0.359 e. The van der Waals surface area contributed by atoms with Gasteiger partial charge in [0.05, 0.1) is 27.3 Å². The van der Waals surface area contributed by atoms with Gasteiger partial charge in [-0.05, 0) is 24.0 Å². The number of carbonyl (C=O) groups is 1. The third kappa shape index (κ3) is 14.3. The fraction of sp³-hybridized carbons (Fsp3) is 0.720. The van der Waals surface area contributed by atoms with E-state index in [0.717, 1.165) is 0 Å². The summed E-state index contributed by atoms with van der Waals surface area (Å²) in [6.45, 7) is 4.25. The zero-order chi connectivity index (χ0) is 21.4. The molecule has 0 aromatic heterocycles. The number of quaternary nitrogens is 1. The fourth-order valence-electron chi connectivity index (χ4n) is 3.57. The minimum atomic E-state index is -0.770. The van der Waals surface area contributed by atoms with E-state index in [0.29, 0.717) is 24.2 Å². The molecule has 0 aliphatic carbocycles. The number of carboxylic acids is 1. The van der Waals surface area contributed by atoms with Crippen molar-refractivity contribution in [2.24, 2.45) is 0 Å². The van der Waals surface area contributed by atoms with Crippen molar-refractivity contribution in [2.45, 2.75) is 84.2 Å². The van der Waals surface area contributed by atoms with Crippen molar-refractivity contribution in [2.75, 3.05) is 33.8 Å². The number of ether oxygens (including phenoxy) is 1. The van der Waals surface area contributed by atoms with Crippen LogP contribution in [0.15, 0.2) is 24.3 Å². The van der Waals surface area contributed by atoms with Crippen molar-refractivity contribution in [3.05, 3.63) is 35.4 Å². The van der Waals surface area contributed by atoms with Gasteiger partial charge in [-0.25, -0.2) is 4.79 Å². The highest BCUT2D eigenvalue weighted by Crippen LogP contribution is 2.13. The highest BCUT2D eigenvalue weighted by Gasteiger charge is 2.18. The van der Waals surface area contributed by atoms with Gasteiger partial charge in [-0.3, -0.25) is 0 Å². The summed E-state index contributed by atoms with van der Waals surface area (Å²) in [4.78, 5) is 10.8. The lowest BCUT2D eigenvalue weighted by atomic mass is 10.0. The molecule has 0 bridgehead atoms.